The number of carbonyl (C=O) groups is 1. The SMILES string of the molecule is CNCc1ccccc1NC(=O)C1CC1. The summed E-state index contributed by atoms with van der Waals surface area (Å²) >= 11 is 0. The van der Waals surface area contributed by atoms with Crippen LogP contribution in [0.3, 0.4) is 0 Å². The summed E-state index contributed by atoms with van der Waals surface area (Å²) in [6, 6.07) is 7.91. The van der Waals surface area contributed by atoms with Gasteiger partial charge in [0.1, 0.15) is 0 Å². The summed E-state index contributed by atoms with van der Waals surface area (Å²) in [7, 11) is 1.90. The highest BCUT2D eigenvalue weighted by Crippen LogP contribution is 2.30. The number of anilines is 1. The molecule has 3 nitrogen and oxygen atoms in total. The van der Waals surface area contributed by atoms with E-state index in [0.717, 1.165) is 30.6 Å². The zero-order valence-electron chi connectivity index (χ0n) is 8.92. The minimum atomic E-state index is 0.165. The topological polar surface area (TPSA) is 41.1 Å². The van der Waals surface area contributed by atoms with E-state index in [0.29, 0.717) is 0 Å². The van der Waals surface area contributed by atoms with Gasteiger partial charge < -0.3 is 10.6 Å². The standard InChI is InChI=1S/C12H16N2O/c1-13-8-10-4-2-3-5-11(10)14-12(15)9-6-7-9/h2-5,9,13H,6-8H2,1H3,(H,14,15). The lowest BCUT2D eigenvalue weighted by Crippen LogP contribution is -2.16. The maximum Gasteiger partial charge on any atom is 0.227 e. The average Bonchev–Trinajstić information content (AvgIpc) is 3.04. The Bertz CT molecular complexity index is 358. The van der Waals surface area contributed by atoms with Crippen LogP contribution in [0.1, 0.15) is 18.4 Å². The van der Waals surface area contributed by atoms with Gasteiger partial charge in [-0.25, -0.2) is 0 Å². The number of hydrogen-bond acceptors (Lipinski definition) is 2. The second-order valence-corrected chi connectivity index (χ2v) is 3.95. The van der Waals surface area contributed by atoms with Crippen molar-refractivity contribution in [1.82, 2.24) is 5.32 Å². The molecule has 1 aliphatic rings. The molecule has 0 radical (unpaired) electrons. The third kappa shape index (κ3) is 2.57. The molecular weight excluding hydrogens is 188 g/mol. The Labute approximate surface area is 89.9 Å². The largest absolute Gasteiger partial charge is 0.326 e. The molecule has 0 aliphatic heterocycles. The molecule has 1 aliphatic carbocycles. The fraction of sp³-hybridized carbons (Fsp3) is 0.417. The molecule has 3 heteroatoms. The molecule has 1 saturated carbocycles. The zero-order chi connectivity index (χ0) is 10.7. The van der Waals surface area contributed by atoms with Crippen LogP contribution in [-0.4, -0.2) is 13.0 Å². The molecule has 2 N–H and O–H groups in total. The Balaban J connectivity index is 2.08. The molecule has 15 heavy (non-hydrogen) atoms. The smallest absolute Gasteiger partial charge is 0.227 e. The maximum absolute atomic E-state index is 11.6. The predicted octanol–water partition coefficient (Wildman–Crippen LogP) is 1.75. The molecular formula is C12H16N2O. The second kappa shape index (κ2) is 4.45. The van der Waals surface area contributed by atoms with Crippen LogP contribution in [0.15, 0.2) is 24.3 Å². The van der Waals surface area contributed by atoms with Crippen LogP contribution in [-0.2, 0) is 11.3 Å². The quantitative estimate of drug-likeness (QED) is 0.784. The first kappa shape index (κ1) is 10.2. The Morgan fingerprint density at radius 2 is 2.13 bits per heavy atom. The Morgan fingerprint density at radius 1 is 1.40 bits per heavy atom. The van der Waals surface area contributed by atoms with Crippen molar-refractivity contribution in [3.8, 4) is 0 Å². The maximum atomic E-state index is 11.6. The van der Waals surface area contributed by atoms with E-state index in [4.69, 9.17) is 0 Å². The van der Waals surface area contributed by atoms with Crippen LogP contribution in [0.2, 0.25) is 0 Å². The normalized spacial score (nSPS) is 15.0. The number of nitrogens with one attached hydrogen (secondary N) is 2. The van der Waals surface area contributed by atoms with Crippen LogP contribution in [0.4, 0.5) is 5.69 Å². The summed E-state index contributed by atoms with van der Waals surface area (Å²) < 4.78 is 0. The van der Waals surface area contributed by atoms with Crippen molar-refractivity contribution in [1.29, 1.82) is 0 Å². The summed E-state index contributed by atoms with van der Waals surface area (Å²) in [5.41, 5.74) is 2.07. The molecule has 1 fully saturated rings. The van der Waals surface area contributed by atoms with E-state index in [9.17, 15) is 4.79 Å². The van der Waals surface area contributed by atoms with Gasteiger partial charge in [-0.3, -0.25) is 4.79 Å². The van der Waals surface area contributed by atoms with Crippen LogP contribution in [0, 0.1) is 5.92 Å². The highest BCUT2D eigenvalue weighted by molar-refractivity contribution is 5.94. The van der Waals surface area contributed by atoms with E-state index in [2.05, 4.69) is 10.6 Å². The summed E-state index contributed by atoms with van der Waals surface area (Å²) in [5.74, 6) is 0.422. The fourth-order valence-corrected chi connectivity index (χ4v) is 1.57. The zero-order valence-corrected chi connectivity index (χ0v) is 8.92. The van der Waals surface area contributed by atoms with Crippen LogP contribution in [0.25, 0.3) is 0 Å². The lowest BCUT2D eigenvalue weighted by Gasteiger charge is -2.10. The molecule has 0 aromatic heterocycles. The van der Waals surface area contributed by atoms with Crippen molar-refractivity contribution in [3.05, 3.63) is 29.8 Å². The number of rotatable bonds is 4. The van der Waals surface area contributed by atoms with E-state index in [1.54, 1.807) is 0 Å². The van der Waals surface area contributed by atoms with Crippen LogP contribution in [0.5, 0.6) is 0 Å². The molecule has 0 atom stereocenters. The minimum absolute atomic E-state index is 0.165. The van der Waals surface area contributed by atoms with Gasteiger partial charge in [0.15, 0.2) is 0 Å². The van der Waals surface area contributed by atoms with Crippen LogP contribution >= 0.6 is 0 Å². The van der Waals surface area contributed by atoms with E-state index in [1.165, 1.54) is 0 Å². The third-order valence-corrected chi connectivity index (χ3v) is 2.59. The van der Waals surface area contributed by atoms with Gasteiger partial charge in [0.05, 0.1) is 0 Å². The first-order valence-electron chi connectivity index (χ1n) is 5.34. The van der Waals surface area contributed by atoms with Gasteiger partial charge in [-0.15, -0.1) is 0 Å². The Morgan fingerprint density at radius 3 is 2.80 bits per heavy atom. The number of amides is 1. The minimum Gasteiger partial charge on any atom is -0.326 e. The van der Waals surface area contributed by atoms with E-state index in [-0.39, 0.29) is 11.8 Å². The molecule has 1 aromatic rings. The van der Waals surface area contributed by atoms with E-state index >= 15 is 0 Å². The van der Waals surface area contributed by atoms with Crippen molar-refractivity contribution >= 4 is 11.6 Å². The first-order chi connectivity index (χ1) is 7.31. The lowest BCUT2D eigenvalue weighted by atomic mass is 10.1. The highest BCUT2D eigenvalue weighted by atomic mass is 16.2. The number of hydrogen-bond donors (Lipinski definition) is 2. The van der Waals surface area contributed by atoms with Crippen molar-refractivity contribution in [2.75, 3.05) is 12.4 Å². The molecule has 0 spiro atoms. The molecule has 0 heterocycles. The van der Waals surface area contributed by atoms with Gasteiger partial charge in [-0.05, 0) is 31.5 Å². The highest BCUT2D eigenvalue weighted by Gasteiger charge is 2.29. The second-order valence-electron chi connectivity index (χ2n) is 3.95. The fourth-order valence-electron chi connectivity index (χ4n) is 1.57. The van der Waals surface area contributed by atoms with E-state index in [1.807, 2.05) is 31.3 Å². The van der Waals surface area contributed by atoms with Crippen molar-refractivity contribution in [2.45, 2.75) is 19.4 Å². The van der Waals surface area contributed by atoms with Gasteiger partial charge >= 0.3 is 0 Å². The van der Waals surface area contributed by atoms with Crippen molar-refractivity contribution < 1.29 is 4.79 Å². The predicted molar refractivity (Wildman–Crippen MR) is 60.6 cm³/mol. The average molecular weight is 204 g/mol. The van der Waals surface area contributed by atoms with E-state index < -0.39 is 0 Å². The molecule has 1 aromatic carbocycles. The monoisotopic (exact) mass is 204 g/mol. The Hall–Kier alpha value is -1.35. The lowest BCUT2D eigenvalue weighted by molar-refractivity contribution is -0.117. The first-order valence-corrected chi connectivity index (χ1v) is 5.34. The number of carbonyl (C=O) groups excluding carboxylic acids is 1. The molecule has 2 rings (SSSR count). The summed E-state index contributed by atoms with van der Waals surface area (Å²) in [6.45, 7) is 0.779. The number of para-hydroxylation sites is 1. The van der Waals surface area contributed by atoms with Gasteiger partial charge in [-0.1, -0.05) is 18.2 Å². The molecule has 80 valence electrons. The van der Waals surface area contributed by atoms with Gasteiger partial charge in [0.2, 0.25) is 5.91 Å². The van der Waals surface area contributed by atoms with Gasteiger partial charge in [-0.2, -0.15) is 0 Å². The van der Waals surface area contributed by atoms with Crippen molar-refractivity contribution in [2.24, 2.45) is 5.92 Å². The molecule has 1 amide bonds. The number of benzene rings is 1. The van der Waals surface area contributed by atoms with Gasteiger partial charge in [0.25, 0.3) is 0 Å². The van der Waals surface area contributed by atoms with Crippen molar-refractivity contribution in [3.63, 3.8) is 0 Å². The summed E-state index contributed by atoms with van der Waals surface area (Å²) in [6.07, 6.45) is 2.08. The third-order valence-electron chi connectivity index (χ3n) is 2.59. The molecule has 0 saturated heterocycles. The van der Waals surface area contributed by atoms with Crippen LogP contribution < -0.4 is 10.6 Å². The molecule has 0 bridgehead atoms. The van der Waals surface area contributed by atoms with Gasteiger partial charge in [0, 0.05) is 18.2 Å². The summed E-state index contributed by atoms with van der Waals surface area (Å²) in [5, 5.41) is 6.07. The molecule has 0 unspecified atom stereocenters. The summed E-state index contributed by atoms with van der Waals surface area (Å²) in [4.78, 5) is 11.6. The Kier molecular flexibility index (Phi) is 3.02.